The first-order valence-corrected chi connectivity index (χ1v) is 8.63. The molecule has 0 amide bonds. The maximum Gasteiger partial charge on any atom is 0.119 e. The van der Waals surface area contributed by atoms with E-state index in [4.69, 9.17) is 4.74 Å². The van der Waals surface area contributed by atoms with Crippen LogP contribution in [-0.2, 0) is 6.42 Å². The number of ether oxygens (including phenoxy) is 1. The zero-order valence-corrected chi connectivity index (χ0v) is 13.5. The van der Waals surface area contributed by atoms with E-state index in [9.17, 15) is 0 Å². The van der Waals surface area contributed by atoms with Crippen molar-refractivity contribution >= 4 is 0 Å². The van der Waals surface area contributed by atoms with Crippen LogP contribution >= 0.6 is 0 Å². The van der Waals surface area contributed by atoms with Crippen LogP contribution in [0.1, 0.15) is 44.6 Å². The second-order valence-corrected chi connectivity index (χ2v) is 7.12. The monoisotopic (exact) mass is 287 g/mol. The van der Waals surface area contributed by atoms with Gasteiger partial charge >= 0.3 is 0 Å². The summed E-state index contributed by atoms with van der Waals surface area (Å²) in [6.07, 6.45) is 8.11. The first kappa shape index (κ1) is 14.9. The highest BCUT2D eigenvalue weighted by Gasteiger charge is 2.39. The summed E-state index contributed by atoms with van der Waals surface area (Å²) in [5.41, 5.74) is 1.41. The fourth-order valence-corrected chi connectivity index (χ4v) is 4.06. The topological polar surface area (TPSA) is 21.3 Å². The minimum Gasteiger partial charge on any atom is -0.493 e. The van der Waals surface area contributed by atoms with Gasteiger partial charge in [-0.3, -0.25) is 0 Å². The summed E-state index contributed by atoms with van der Waals surface area (Å²) in [7, 11) is 2.03. The molecule has 21 heavy (non-hydrogen) atoms. The van der Waals surface area contributed by atoms with Crippen LogP contribution in [-0.4, -0.2) is 19.7 Å². The lowest BCUT2D eigenvalue weighted by Crippen LogP contribution is -2.21. The van der Waals surface area contributed by atoms with Crippen molar-refractivity contribution in [2.45, 2.75) is 51.5 Å². The van der Waals surface area contributed by atoms with Gasteiger partial charge < -0.3 is 10.1 Å². The summed E-state index contributed by atoms with van der Waals surface area (Å²) in [6.45, 7) is 3.16. The Balaban J connectivity index is 1.44. The van der Waals surface area contributed by atoms with Crippen molar-refractivity contribution in [3.63, 3.8) is 0 Å². The molecule has 2 saturated carbocycles. The molecule has 2 fully saturated rings. The Kier molecular flexibility index (Phi) is 4.84. The number of aryl methyl sites for hydroxylation is 1. The maximum atomic E-state index is 6.03. The Morgan fingerprint density at radius 3 is 2.62 bits per heavy atom. The molecule has 1 aromatic rings. The van der Waals surface area contributed by atoms with Gasteiger partial charge in [0.1, 0.15) is 5.75 Å². The average Bonchev–Trinajstić information content (AvgIpc) is 3.14. The number of rotatable bonds is 7. The van der Waals surface area contributed by atoms with Gasteiger partial charge in [0, 0.05) is 6.04 Å². The summed E-state index contributed by atoms with van der Waals surface area (Å²) in [5.74, 6) is 3.83. The zero-order valence-electron chi connectivity index (χ0n) is 13.5. The van der Waals surface area contributed by atoms with E-state index in [1.807, 2.05) is 7.05 Å². The van der Waals surface area contributed by atoms with Crippen molar-refractivity contribution in [1.29, 1.82) is 0 Å². The SMILES string of the molecule is CNC(C)CCc1ccc(OCC2CC3CCC2C3)cc1. The van der Waals surface area contributed by atoms with E-state index in [1.165, 1.54) is 37.7 Å². The van der Waals surface area contributed by atoms with Gasteiger partial charge in [-0.25, -0.2) is 0 Å². The summed E-state index contributed by atoms with van der Waals surface area (Å²) in [6, 6.07) is 9.31. The number of hydrogen-bond acceptors (Lipinski definition) is 2. The minimum absolute atomic E-state index is 0.582. The highest BCUT2D eigenvalue weighted by molar-refractivity contribution is 5.27. The van der Waals surface area contributed by atoms with Crippen LogP contribution in [0, 0.1) is 17.8 Å². The third kappa shape index (κ3) is 3.79. The van der Waals surface area contributed by atoms with Crippen LogP contribution in [0.3, 0.4) is 0 Å². The van der Waals surface area contributed by atoms with Crippen LogP contribution < -0.4 is 10.1 Å². The highest BCUT2D eigenvalue weighted by atomic mass is 16.5. The minimum atomic E-state index is 0.582. The maximum absolute atomic E-state index is 6.03. The lowest BCUT2D eigenvalue weighted by molar-refractivity contribution is 0.195. The van der Waals surface area contributed by atoms with Crippen molar-refractivity contribution in [3.8, 4) is 5.75 Å². The van der Waals surface area contributed by atoms with Crippen molar-refractivity contribution in [3.05, 3.63) is 29.8 Å². The molecule has 0 aromatic heterocycles. The predicted octanol–water partition coefficient (Wildman–Crippen LogP) is 4.04. The van der Waals surface area contributed by atoms with Crippen LogP contribution in [0.2, 0.25) is 0 Å². The van der Waals surface area contributed by atoms with Crippen LogP contribution in [0.4, 0.5) is 0 Å². The van der Waals surface area contributed by atoms with E-state index in [0.29, 0.717) is 6.04 Å². The second-order valence-electron chi connectivity index (χ2n) is 7.12. The molecule has 0 aliphatic heterocycles. The standard InChI is InChI=1S/C19H29NO/c1-14(20-2)3-4-15-6-9-19(10-7-15)21-13-18-12-16-5-8-17(18)11-16/h6-7,9-10,14,16-18,20H,3-5,8,11-13H2,1-2H3. The molecule has 2 heteroatoms. The van der Waals surface area contributed by atoms with Gasteiger partial charge in [-0.05, 0) is 81.5 Å². The Hall–Kier alpha value is -1.02. The molecule has 3 rings (SSSR count). The van der Waals surface area contributed by atoms with Crippen molar-refractivity contribution in [1.82, 2.24) is 5.32 Å². The largest absolute Gasteiger partial charge is 0.493 e. The van der Waals surface area contributed by atoms with Gasteiger partial charge in [-0.2, -0.15) is 0 Å². The molecule has 2 nitrogen and oxygen atoms in total. The van der Waals surface area contributed by atoms with E-state index < -0.39 is 0 Å². The Labute approximate surface area is 129 Å². The molecule has 2 aliphatic carbocycles. The van der Waals surface area contributed by atoms with E-state index in [-0.39, 0.29) is 0 Å². The van der Waals surface area contributed by atoms with Crippen molar-refractivity contribution < 1.29 is 4.74 Å². The summed E-state index contributed by atoms with van der Waals surface area (Å²) in [5, 5.41) is 3.29. The Morgan fingerprint density at radius 2 is 2.00 bits per heavy atom. The van der Waals surface area contributed by atoms with Crippen LogP contribution in [0.25, 0.3) is 0 Å². The molecular formula is C19H29NO. The summed E-state index contributed by atoms with van der Waals surface area (Å²) < 4.78 is 6.03. The lowest BCUT2D eigenvalue weighted by Gasteiger charge is -2.21. The number of nitrogens with one attached hydrogen (secondary N) is 1. The van der Waals surface area contributed by atoms with Crippen LogP contribution in [0.5, 0.6) is 5.75 Å². The molecule has 2 bridgehead atoms. The molecular weight excluding hydrogens is 258 g/mol. The quantitative estimate of drug-likeness (QED) is 0.817. The molecule has 116 valence electrons. The molecule has 2 aliphatic rings. The smallest absolute Gasteiger partial charge is 0.119 e. The zero-order chi connectivity index (χ0) is 14.7. The van der Waals surface area contributed by atoms with E-state index in [2.05, 4.69) is 36.5 Å². The fraction of sp³-hybridized carbons (Fsp3) is 0.684. The third-order valence-corrected chi connectivity index (χ3v) is 5.63. The van der Waals surface area contributed by atoms with Gasteiger partial charge in [0.05, 0.1) is 6.61 Å². The average molecular weight is 287 g/mol. The van der Waals surface area contributed by atoms with Crippen molar-refractivity contribution in [2.75, 3.05) is 13.7 Å². The molecule has 1 aromatic carbocycles. The molecule has 1 N–H and O–H groups in total. The Bertz CT molecular complexity index is 441. The second kappa shape index (κ2) is 6.83. The first-order chi connectivity index (χ1) is 10.2. The van der Waals surface area contributed by atoms with Crippen LogP contribution in [0.15, 0.2) is 24.3 Å². The fourth-order valence-electron chi connectivity index (χ4n) is 4.06. The lowest BCUT2D eigenvalue weighted by atomic mass is 9.89. The van der Waals surface area contributed by atoms with E-state index >= 15 is 0 Å². The van der Waals surface area contributed by atoms with Gasteiger partial charge in [-0.1, -0.05) is 18.6 Å². The van der Waals surface area contributed by atoms with Gasteiger partial charge in [-0.15, -0.1) is 0 Å². The number of hydrogen-bond donors (Lipinski definition) is 1. The summed E-state index contributed by atoms with van der Waals surface area (Å²) >= 11 is 0. The number of benzene rings is 1. The van der Waals surface area contributed by atoms with E-state index in [1.54, 1.807) is 0 Å². The van der Waals surface area contributed by atoms with E-state index in [0.717, 1.165) is 36.5 Å². The normalized spacial score (nSPS) is 28.8. The van der Waals surface area contributed by atoms with Crippen molar-refractivity contribution in [2.24, 2.45) is 17.8 Å². The molecule has 0 radical (unpaired) electrons. The predicted molar refractivity (Wildman–Crippen MR) is 87.7 cm³/mol. The van der Waals surface area contributed by atoms with Gasteiger partial charge in [0.2, 0.25) is 0 Å². The summed E-state index contributed by atoms with van der Waals surface area (Å²) in [4.78, 5) is 0. The van der Waals surface area contributed by atoms with Gasteiger partial charge in [0.15, 0.2) is 0 Å². The number of fused-ring (bicyclic) bond motifs is 2. The third-order valence-electron chi connectivity index (χ3n) is 5.63. The first-order valence-electron chi connectivity index (χ1n) is 8.63. The molecule has 4 unspecified atom stereocenters. The molecule has 0 saturated heterocycles. The molecule has 0 spiro atoms. The Morgan fingerprint density at radius 1 is 1.19 bits per heavy atom. The molecule has 0 heterocycles. The van der Waals surface area contributed by atoms with Gasteiger partial charge in [0.25, 0.3) is 0 Å². The highest BCUT2D eigenvalue weighted by Crippen LogP contribution is 2.48. The molecule has 4 atom stereocenters.